The van der Waals surface area contributed by atoms with Crippen LogP contribution in [0.3, 0.4) is 0 Å². The Balaban J connectivity index is 1.77. The van der Waals surface area contributed by atoms with Crippen molar-refractivity contribution in [2.24, 2.45) is 0 Å². The molecule has 0 aliphatic carbocycles. The second-order valence-corrected chi connectivity index (χ2v) is 5.30. The van der Waals surface area contributed by atoms with Crippen LogP contribution in [-0.4, -0.2) is 45.5 Å². The van der Waals surface area contributed by atoms with Gasteiger partial charge in [0.15, 0.2) is 0 Å². The third-order valence-corrected chi connectivity index (χ3v) is 3.59. The van der Waals surface area contributed by atoms with Crippen molar-refractivity contribution >= 4 is 5.91 Å². The Labute approximate surface area is 129 Å². The molecule has 1 atom stereocenters. The number of ether oxygens (including phenoxy) is 1. The molecule has 1 aliphatic rings. The summed E-state index contributed by atoms with van der Waals surface area (Å²) < 4.78 is 5.75. The van der Waals surface area contributed by atoms with Crippen LogP contribution in [0.25, 0.3) is 0 Å². The molecule has 114 valence electrons. The van der Waals surface area contributed by atoms with Crippen LogP contribution in [0.4, 0.5) is 0 Å². The summed E-state index contributed by atoms with van der Waals surface area (Å²) in [5.74, 6) is 0.632. The Morgan fingerprint density at radius 3 is 2.91 bits per heavy atom. The Hall–Kier alpha value is -2.34. The number of nitrogens with zero attached hydrogens (tertiary/aromatic N) is 4. The minimum Gasteiger partial charge on any atom is -0.368 e. The molecule has 0 unspecified atom stereocenters. The number of hydrogen-bond donors (Lipinski definition) is 0. The van der Waals surface area contributed by atoms with Crippen molar-refractivity contribution in [2.75, 3.05) is 19.7 Å². The average Bonchev–Trinajstić information content (AvgIpc) is 2.54. The summed E-state index contributed by atoms with van der Waals surface area (Å²) in [7, 11) is 0. The molecule has 1 saturated heterocycles. The van der Waals surface area contributed by atoms with Gasteiger partial charge in [0, 0.05) is 18.4 Å². The van der Waals surface area contributed by atoms with Crippen LogP contribution in [0.1, 0.15) is 33.8 Å². The SMILES string of the molecule is Cc1cccc(C(=O)N2CCO[C@@H](c3ccnc(C)n3)C2)n1. The molecule has 6 nitrogen and oxygen atoms in total. The van der Waals surface area contributed by atoms with Gasteiger partial charge in [-0.1, -0.05) is 6.07 Å². The average molecular weight is 298 g/mol. The van der Waals surface area contributed by atoms with Gasteiger partial charge in [-0.05, 0) is 32.0 Å². The first-order valence-electron chi connectivity index (χ1n) is 7.27. The van der Waals surface area contributed by atoms with Crippen LogP contribution in [-0.2, 0) is 4.74 Å². The van der Waals surface area contributed by atoms with Gasteiger partial charge in [-0.25, -0.2) is 15.0 Å². The van der Waals surface area contributed by atoms with Crippen LogP contribution >= 0.6 is 0 Å². The molecule has 2 aromatic heterocycles. The first-order chi connectivity index (χ1) is 10.6. The lowest BCUT2D eigenvalue weighted by molar-refractivity contribution is -0.0250. The van der Waals surface area contributed by atoms with E-state index in [0.29, 0.717) is 31.2 Å². The number of aryl methyl sites for hydroxylation is 2. The molecule has 0 spiro atoms. The smallest absolute Gasteiger partial charge is 0.272 e. The van der Waals surface area contributed by atoms with Crippen molar-refractivity contribution in [3.05, 3.63) is 53.4 Å². The lowest BCUT2D eigenvalue weighted by Gasteiger charge is -2.32. The van der Waals surface area contributed by atoms with Crippen molar-refractivity contribution in [2.45, 2.75) is 20.0 Å². The number of carbonyl (C=O) groups is 1. The predicted molar refractivity (Wildman–Crippen MR) is 80.3 cm³/mol. The van der Waals surface area contributed by atoms with E-state index in [-0.39, 0.29) is 12.0 Å². The third kappa shape index (κ3) is 3.12. The molecule has 6 heteroatoms. The van der Waals surface area contributed by atoms with Crippen molar-refractivity contribution in [1.29, 1.82) is 0 Å². The second kappa shape index (κ2) is 6.19. The van der Waals surface area contributed by atoms with Gasteiger partial charge >= 0.3 is 0 Å². The lowest BCUT2D eigenvalue weighted by atomic mass is 10.2. The number of rotatable bonds is 2. The first kappa shape index (κ1) is 14.6. The number of pyridine rings is 1. The van der Waals surface area contributed by atoms with Crippen molar-refractivity contribution in [3.8, 4) is 0 Å². The van der Waals surface area contributed by atoms with Crippen LogP contribution in [0.5, 0.6) is 0 Å². The van der Waals surface area contributed by atoms with Crippen LogP contribution < -0.4 is 0 Å². The van der Waals surface area contributed by atoms with E-state index in [0.717, 1.165) is 11.4 Å². The highest BCUT2D eigenvalue weighted by Gasteiger charge is 2.27. The van der Waals surface area contributed by atoms with E-state index in [1.165, 1.54) is 0 Å². The molecule has 0 N–H and O–H groups in total. The fourth-order valence-electron chi connectivity index (χ4n) is 2.49. The van der Waals surface area contributed by atoms with E-state index in [1.54, 1.807) is 17.2 Å². The van der Waals surface area contributed by atoms with E-state index in [4.69, 9.17) is 4.74 Å². The fraction of sp³-hybridized carbons (Fsp3) is 0.375. The Morgan fingerprint density at radius 1 is 1.27 bits per heavy atom. The first-order valence-corrected chi connectivity index (χ1v) is 7.27. The summed E-state index contributed by atoms with van der Waals surface area (Å²) in [4.78, 5) is 27.1. The van der Waals surface area contributed by atoms with Crippen LogP contribution in [0.15, 0.2) is 30.5 Å². The molecule has 1 fully saturated rings. The number of amides is 1. The molecular formula is C16H18N4O2. The number of aromatic nitrogens is 3. The minimum atomic E-state index is -0.218. The second-order valence-electron chi connectivity index (χ2n) is 5.30. The number of hydrogen-bond acceptors (Lipinski definition) is 5. The Kier molecular flexibility index (Phi) is 4.11. The molecule has 2 aromatic rings. The molecule has 0 saturated carbocycles. The van der Waals surface area contributed by atoms with Crippen molar-refractivity contribution in [1.82, 2.24) is 19.9 Å². The highest BCUT2D eigenvalue weighted by Crippen LogP contribution is 2.21. The van der Waals surface area contributed by atoms with Crippen molar-refractivity contribution < 1.29 is 9.53 Å². The van der Waals surface area contributed by atoms with E-state index < -0.39 is 0 Å². The van der Waals surface area contributed by atoms with Gasteiger partial charge in [-0.15, -0.1) is 0 Å². The quantitative estimate of drug-likeness (QED) is 0.844. The van der Waals surface area contributed by atoms with Gasteiger partial charge in [0.25, 0.3) is 5.91 Å². The van der Waals surface area contributed by atoms with Gasteiger partial charge in [-0.3, -0.25) is 4.79 Å². The molecule has 1 aliphatic heterocycles. The van der Waals surface area contributed by atoms with Gasteiger partial charge in [0.05, 0.1) is 18.8 Å². The molecule has 0 radical (unpaired) electrons. The van der Waals surface area contributed by atoms with E-state index in [2.05, 4.69) is 15.0 Å². The van der Waals surface area contributed by atoms with Gasteiger partial charge in [0.1, 0.15) is 17.6 Å². The zero-order chi connectivity index (χ0) is 15.5. The standard InChI is InChI=1S/C16H18N4O2/c1-11-4-3-5-14(18-11)16(21)20-8-9-22-15(10-20)13-6-7-17-12(2)19-13/h3-7,15H,8-10H2,1-2H3/t15-/m1/s1. The number of carbonyl (C=O) groups excluding carboxylic acids is 1. The molecule has 22 heavy (non-hydrogen) atoms. The summed E-state index contributed by atoms with van der Waals surface area (Å²) in [6, 6.07) is 7.30. The lowest BCUT2D eigenvalue weighted by Crippen LogP contribution is -2.42. The summed E-state index contributed by atoms with van der Waals surface area (Å²) >= 11 is 0. The summed E-state index contributed by atoms with van der Waals surface area (Å²) in [6.07, 6.45) is 1.49. The third-order valence-electron chi connectivity index (χ3n) is 3.59. The van der Waals surface area contributed by atoms with Gasteiger partial charge in [-0.2, -0.15) is 0 Å². The summed E-state index contributed by atoms with van der Waals surface area (Å²) in [6.45, 7) is 5.25. The predicted octanol–water partition coefficient (Wildman–Crippen LogP) is 1.70. The van der Waals surface area contributed by atoms with Crippen molar-refractivity contribution in [3.63, 3.8) is 0 Å². The fourth-order valence-corrected chi connectivity index (χ4v) is 2.49. The number of morpholine rings is 1. The molecule has 3 rings (SSSR count). The molecule has 1 amide bonds. The maximum atomic E-state index is 12.6. The van der Waals surface area contributed by atoms with E-state index >= 15 is 0 Å². The zero-order valence-corrected chi connectivity index (χ0v) is 12.7. The molecule has 0 bridgehead atoms. The summed E-state index contributed by atoms with van der Waals surface area (Å²) in [5.41, 5.74) is 2.11. The van der Waals surface area contributed by atoms with Gasteiger partial charge < -0.3 is 9.64 Å². The highest BCUT2D eigenvalue weighted by atomic mass is 16.5. The Bertz CT molecular complexity index is 689. The zero-order valence-electron chi connectivity index (χ0n) is 12.7. The normalized spacial score (nSPS) is 18.3. The van der Waals surface area contributed by atoms with Crippen LogP contribution in [0.2, 0.25) is 0 Å². The van der Waals surface area contributed by atoms with Crippen LogP contribution in [0, 0.1) is 13.8 Å². The maximum Gasteiger partial charge on any atom is 0.272 e. The maximum absolute atomic E-state index is 12.6. The molecule has 3 heterocycles. The monoisotopic (exact) mass is 298 g/mol. The van der Waals surface area contributed by atoms with E-state index in [1.807, 2.05) is 32.0 Å². The van der Waals surface area contributed by atoms with E-state index in [9.17, 15) is 4.79 Å². The molecule has 0 aromatic carbocycles. The Morgan fingerprint density at radius 2 is 2.14 bits per heavy atom. The highest BCUT2D eigenvalue weighted by molar-refractivity contribution is 5.92. The minimum absolute atomic E-state index is 0.0669. The van der Waals surface area contributed by atoms with Gasteiger partial charge in [0.2, 0.25) is 0 Å². The topological polar surface area (TPSA) is 68.2 Å². The summed E-state index contributed by atoms with van der Waals surface area (Å²) in [5, 5.41) is 0. The molecular weight excluding hydrogens is 280 g/mol. The largest absolute Gasteiger partial charge is 0.368 e.